The summed E-state index contributed by atoms with van der Waals surface area (Å²) in [4.78, 5) is 0. The van der Waals surface area contributed by atoms with Crippen LogP contribution in [0.4, 0.5) is 0 Å². The Labute approximate surface area is 111 Å². The van der Waals surface area contributed by atoms with Crippen LogP contribution in [0.3, 0.4) is 0 Å². The zero-order valence-electron chi connectivity index (χ0n) is 12.9. The van der Waals surface area contributed by atoms with E-state index in [1.54, 1.807) is 0 Å². The molecule has 104 valence electrons. The maximum absolute atomic E-state index is 2.47. The molecule has 0 aliphatic heterocycles. The molecule has 0 nitrogen and oxygen atoms in total. The average Bonchev–Trinajstić information content (AvgIpc) is 2.34. The van der Waals surface area contributed by atoms with Crippen LogP contribution in [-0.4, -0.2) is 0 Å². The highest BCUT2D eigenvalue weighted by molar-refractivity contribution is 4.63. The maximum atomic E-state index is 2.47. The molecule has 0 aromatic heterocycles. The maximum Gasteiger partial charge on any atom is -0.0414 e. The fourth-order valence-corrected chi connectivity index (χ4v) is 2.76. The molecule has 0 radical (unpaired) electrons. The Morgan fingerprint density at radius 3 is 1.94 bits per heavy atom. The van der Waals surface area contributed by atoms with E-state index >= 15 is 0 Å². The van der Waals surface area contributed by atoms with Crippen LogP contribution in [0.2, 0.25) is 0 Å². The summed E-state index contributed by atoms with van der Waals surface area (Å²) in [5.74, 6) is 1.96. The number of hydrogen-bond acceptors (Lipinski definition) is 0. The van der Waals surface area contributed by atoms with E-state index in [4.69, 9.17) is 0 Å². The van der Waals surface area contributed by atoms with Crippen molar-refractivity contribution in [2.45, 2.75) is 98.3 Å². The summed E-state index contributed by atoms with van der Waals surface area (Å²) in [6, 6.07) is 0. The van der Waals surface area contributed by atoms with Gasteiger partial charge in [-0.3, -0.25) is 0 Å². The zero-order valence-corrected chi connectivity index (χ0v) is 12.9. The number of hydrogen-bond donors (Lipinski definition) is 0. The Hall–Kier alpha value is 0. The summed E-state index contributed by atoms with van der Waals surface area (Å²) in [6.45, 7) is 9.44. The van der Waals surface area contributed by atoms with Crippen LogP contribution < -0.4 is 0 Å². The molecular weight excluding hydrogens is 204 g/mol. The van der Waals surface area contributed by atoms with Gasteiger partial charge in [0.2, 0.25) is 0 Å². The van der Waals surface area contributed by atoms with Gasteiger partial charge in [-0.25, -0.2) is 0 Å². The molecule has 0 bridgehead atoms. The predicted octanol–water partition coefficient (Wildman–Crippen LogP) is 6.59. The Morgan fingerprint density at radius 2 is 1.35 bits per heavy atom. The van der Waals surface area contributed by atoms with Crippen LogP contribution >= 0.6 is 0 Å². The van der Waals surface area contributed by atoms with Crippen molar-refractivity contribution in [3.8, 4) is 0 Å². The van der Waals surface area contributed by atoms with Gasteiger partial charge in [-0.1, -0.05) is 91.9 Å². The molecule has 0 aromatic rings. The first kappa shape index (κ1) is 17.0. The molecule has 0 heterocycles. The van der Waals surface area contributed by atoms with Gasteiger partial charge in [0.05, 0.1) is 0 Å². The van der Waals surface area contributed by atoms with Gasteiger partial charge in [0.15, 0.2) is 0 Å². The summed E-state index contributed by atoms with van der Waals surface area (Å²) in [5, 5.41) is 0. The van der Waals surface area contributed by atoms with Crippen molar-refractivity contribution >= 4 is 0 Å². The second-order valence-electron chi connectivity index (χ2n) is 5.96. The molecule has 0 saturated carbocycles. The first-order valence-corrected chi connectivity index (χ1v) is 8.24. The third kappa shape index (κ3) is 10.9. The van der Waals surface area contributed by atoms with Crippen molar-refractivity contribution in [2.75, 3.05) is 0 Å². The Kier molecular flexibility index (Phi) is 12.5. The predicted molar refractivity (Wildman–Crippen MR) is 80.5 cm³/mol. The van der Waals surface area contributed by atoms with Gasteiger partial charge in [-0.05, 0) is 18.3 Å². The fraction of sp³-hybridized carbons (Fsp3) is 1.00. The monoisotopic (exact) mass is 240 g/mol. The minimum Gasteiger partial charge on any atom is -0.0654 e. The second-order valence-corrected chi connectivity index (χ2v) is 5.96. The normalized spacial score (nSPS) is 14.8. The molecule has 0 spiro atoms. The van der Waals surface area contributed by atoms with E-state index < -0.39 is 0 Å². The largest absolute Gasteiger partial charge is 0.0654 e. The van der Waals surface area contributed by atoms with Crippen molar-refractivity contribution in [3.05, 3.63) is 0 Å². The van der Waals surface area contributed by atoms with Gasteiger partial charge >= 0.3 is 0 Å². The van der Waals surface area contributed by atoms with Gasteiger partial charge < -0.3 is 0 Å². The molecule has 2 unspecified atom stereocenters. The molecule has 0 heteroatoms. The van der Waals surface area contributed by atoms with E-state index in [0.717, 1.165) is 11.8 Å². The van der Waals surface area contributed by atoms with Crippen molar-refractivity contribution < 1.29 is 0 Å². The van der Waals surface area contributed by atoms with Crippen LogP contribution in [0.15, 0.2) is 0 Å². The first-order valence-electron chi connectivity index (χ1n) is 8.24. The zero-order chi connectivity index (χ0) is 12.9. The molecule has 0 aliphatic rings. The van der Waals surface area contributed by atoms with Gasteiger partial charge in [-0.15, -0.1) is 0 Å². The molecule has 0 aliphatic carbocycles. The Bertz CT molecular complexity index is 139. The van der Waals surface area contributed by atoms with E-state index in [2.05, 4.69) is 27.7 Å². The third-order valence-corrected chi connectivity index (χ3v) is 4.08. The molecule has 0 saturated heterocycles. The SMILES string of the molecule is CCCCCCCC(C)CC(CC)CCCC. The van der Waals surface area contributed by atoms with E-state index in [1.807, 2.05) is 0 Å². The summed E-state index contributed by atoms with van der Waals surface area (Å²) < 4.78 is 0. The van der Waals surface area contributed by atoms with E-state index in [9.17, 15) is 0 Å². The van der Waals surface area contributed by atoms with Crippen molar-refractivity contribution in [1.29, 1.82) is 0 Å². The lowest BCUT2D eigenvalue weighted by molar-refractivity contribution is 0.332. The summed E-state index contributed by atoms with van der Waals surface area (Å²) in [6.07, 6.45) is 15.8. The third-order valence-electron chi connectivity index (χ3n) is 4.08. The molecule has 0 rings (SSSR count). The van der Waals surface area contributed by atoms with Gasteiger partial charge in [0.1, 0.15) is 0 Å². The van der Waals surface area contributed by atoms with Crippen molar-refractivity contribution in [1.82, 2.24) is 0 Å². The van der Waals surface area contributed by atoms with Crippen LogP contribution in [-0.2, 0) is 0 Å². The molecule has 17 heavy (non-hydrogen) atoms. The highest BCUT2D eigenvalue weighted by Crippen LogP contribution is 2.24. The quantitative estimate of drug-likeness (QED) is 0.338. The minimum absolute atomic E-state index is 0.957. The molecule has 2 atom stereocenters. The highest BCUT2D eigenvalue weighted by Gasteiger charge is 2.10. The van der Waals surface area contributed by atoms with Crippen LogP contribution in [0.5, 0.6) is 0 Å². The van der Waals surface area contributed by atoms with Crippen molar-refractivity contribution in [2.24, 2.45) is 11.8 Å². The summed E-state index contributed by atoms with van der Waals surface area (Å²) in [7, 11) is 0. The van der Waals surface area contributed by atoms with Gasteiger partial charge in [-0.2, -0.15) is 0 Å². The smallest absolute Gasteiger partial charge is 0.0414 e. The average molecular weight is 240 g/mol. The second kappa shape index (κ2) is 12.5. The topological polar surface area (TPSA) is 0 Å². The lowest BCUT2D eigenvalue weighted by atomic mass is 9.87. The fourth-order valence-electron chi connectivity index (χ4n) is 2.76. The summed E-state index contributed by atoms with van der Waals surface area (Å²) >= 11 is 0. The van der Waals surface area contributed by atoms with Gasteiger partial charge in [0, 0.05) is 0 Å². The lowest BCUT2D eigenvalue weighted by Crippen LogP contribution is -2.06. The molecule has 0 N–H and O–H groups in total. The lowest BCUT2D eigenvalue weighted by Gasteiger charge is -2.19. The Balaban J connectivity index is 3.49. The number of rotatable bonds is 12. The molecule has 0 amide bonds. The van der Waals surface area contributed by atoms with E-state index in [-0.39, 0.29) is 0 Å². The van der Waals surface area contributed by atoms with Crippen LogP contribution in [0.25, 0.3) is 0 Å². The molecular formula is C17H36. The molecule has 0 fully saturated rings. The number of unbranched alkanes of at least 4 members (excludes halogenated alkanes) is 5. The summed E-state index contributed by atoms with van der Waals surface area (Å²) in [5.41, 5.74) is 0. The van der Waals surface area contributed by atoms with Crippen LogP contribution in [0, 0.1) is 11.8 Å². The van der Waals surface area contributed by atoms with Crippen LogP contribution in [0.1, 0.15) is 98.3 Å². The standard InChI is InChI=1S/C17H36/c1-5-8-10-11-12-13-16(4)15-17(7-3)14-9-6-2/h16-17H,5-15H2,1-4H3. The van der Waals surface area contributed by atoms with E-state index in [1.165, 1.54) is 70.6 Å². The van der Waals surface area contributed by atoms with E-state index in [0.29, 0.717) is 0 Å². The van der Waals surface area contributed by atoms with Gasteiger partial charge in [0.25, 0.3) is 0 Å². The Morgan fingerprint density at radius 1 is 0.706 bits per heavy atom. The first-order chi connectivity index (χ1) is 8.24. The van der Waals surface area contributed by atoms with Crippen molar-refractivity contribution in [3.63, 3.8) is 0 Å². The molecule has 0 aromatic carbocycles. The highest BCUT2D eigenvalue weighted by atomic mass is 14.2. The minimum atomic E-state index is 0.957.